The van der Waals surface area contributed by atoms with Crippen LogP contribution in [-0.4, -0.2) is 61.6 Å². The third-order valence-corrected chi connectivity index (χ3v) is 5.38. The van der Waals surface area contributed by atoms with Crippen molar-refractivity contribution in [3.05, 3.63) is 59.7 Å². The minimum absolute atomic E-state index is 0.0473. The zero-order chi connectivity index (χ0) is 23.8. The van der Waals surface area contributed by atoms with E-state index in [0.29, 0.717) is 44.2 Å². The Morgan fingerprint density at radius 1 is 0.970 bits per heavy atom. The summed E-state index contributed by atoms with van der Waals surface area (Å²) >= 11 is 0. The standard InChI is InChI=1S/C23H27F3N4O3/c1-33-20-8-6-19(7-9-20)28-22(32)27-11-10-21(31)30-14-12-29(13-15-30)16-17-2-4-18(5-3-17)23(24,25)26/h2-9H,10-16H2,1H3,(H2,27,28,32). The summed E-state index contributed by atoms with van der Waals surface area (Å²) in [4.78, 5) is 28.2. The van der Waals surface area contributed by atoms with Crippen LogP contribution in [0.2, 0.25) is 0 Å². The second-order valence-electron chi connectivity index (χ2n) is 7.71. The average molecular weight is 464 g/mol. The van der Waals surface area contributed by atoms with Crippen molar-refractivity contribution in [2.75, 3.05) is 45.2 Å². The van der Waals surface area contributed by atoms with Crippen LogP contribution in [0.4, 0.5) is 23.7 Å². The first kappa shape index (κ1) is 24.4. The van der Waals surface area contributed by atoms with Crippen LogP contribution in [-0.2, 0) is 17.5 Å². The number of nitrogens with zero attached hydrogens (tertiary/aromatic N) is 2. The average Bonchev–Trinajstić information content (AvgIpc) is 2.80. The second kappa shape index (κ2) is 11.0. The molecule has 2 N–H and O–H groups in total. The molecule has 33 heavy (non-hydrogen) atoms. The molecule has 178 valence electrons. The number of hydrogen-bond acceptors (Lipinski definition) is 4. The van der Waals surface area contributed by atoms with Crippen LogP contribution in [0.25, 0.3) is 0 Å². The summed E-state index contributed by atoms with van der Waals surface area (Å²) in [5, 5.41) is 5.35. The van der Waals surface area contributed by atoms with Gasteiger partial charge in [-0.3, -0.25) is 9.69 Å². The van der Waals surface area contributed by atoms with Gasteiger partial charge in [0.15, 0.2) is 0 Å². The number of halogens is 3. The molecule has 0 spiro atoms. The second-order valence-corrected chi connectivity index (χ2v) is 7.71. The molecule has 0 aromatic heterocycles. The van der Waals surface area contributed by atoms with Gasteiger partial charge in [-0.1, -0.05) is 12.1 Å². The lowest BCUT2D eigenvalue weighted by Crippen LogP contribution is -2.48. The maximum absolute atomic E-state index is 12.7. The summed E-state index contributed by atoms with van der Waals surface area (Å²) in [7, 11) is 1.56. The van der Waals surface area contributed by atoms with Gasteiger partial charge in [0.05, 0.1) is 12.7 Å². The third kappa shape index (κ3) is 7.38. The van der Waals surface area contributed by atoms with E-state index in [1.807, 2.05) is 0 Å². The smallest absolute Gasteiger partial charge is 0.416 e. The molecule has 3 amide bonds. The maximum atomic E-state index is 12.7. The molecule has 1 fully saturated rings. The third-order valence-electron chi connectivity index (χ3n) is 5.38. The normalized spacial score (nSPS) is 14.6. The van der Waals surface area contributed by atoms with E-state index in [4.69, 9.17) is 4.74 Å². The molecule has 1 heterocycles. The molecular formula is C23H27F3N4O3. The molecule has 2 aromatic carbocycles. The summed E-state index contributed by atoms with van der Waals surface area (Å²) in [6, 6.07) is 11.7. The minimum Gasteiger partial charge on any atom is -0.497 e. The Kier molecular flexibility index (Phi) is 8.16. The number of benzene rings is 2. The summed E-state index contributed by atoms with van der Waals surface area (Å²) in [6.45, 7) is 3.10. The number of carbonyl (C=O) groups excluding carboxylic acids is 2. The number of anilines is 1. The molecule has 2 aromatic rings. The van der Waals surface area contributed by atoms with E-state index >= 15 is 0 Å². The Hall–Kier alpha value is -3.27. The number of methoxy groups -OCH3 is 1. The van der Waals surface area contributed by atoms with Crippen molar-refractivity contribution in [1.29, 1.82) is 0 Å². The van der Waals surface area contributed by atoms with Crippen LogP contribution < -0.4 is 15.4 Å². The largest absolute Gasteiger partial charge is 0.497 e. The van der Waals surface area contributed by atoms with Gasteiger partial charge in [-0.2, -0.15) is 13.2 Å². The highest BCUT2D eigenvalue weighted by Gasteiger charge is 2.30. The van der Waals surface area contributed by atoms with Gasteiger partial charge in [0.1, 0.15) is 5.75 Å². The van der Waals surface area contributed by atoms with Gasteiger partial charge >= 0.3 is 12.2 Å². The first-order valence-corrected chi connectivity index (χ1v) is 10.6. The van der Waals surface area contributed by atoms with Crippen molar-refractivity contribution in [3.63, 3.8) is 0 Å². The lowest BCUT2D eigenvalue weighted by atomic mass is 10.1. The Morgan fingerprint density at radius 3 is 2.18 bits per heavy atom. The van der Waals surface area contributed by atoms with Crippen molar-refractivity contribution < 1.29 is 27.5 Å². The van der Waals surface area contributed by atoms with Crippen LogP contribution in [0.15, 0.2) is 48.5 Å². The SMILES string of the molecule is COc1ccc(NC(=O)NCCC(=O)N2CCN(Cc3ccc(C(F)(F)F)cc3)CC2)cc1. The van der Waals surface area contributed by atoms with E-state index in [1.54, 1.807) is 36.3 Å². The van der Waals surface area contributed by atoms with E-state index in [-0.39, 0.29) is 18.9 Å². The Labute approximate surface area is 190 Å². The molecule has 10 heteroatoms. The van der Waals surface area contributed by atoms with Gasteiger partial charge in [-0.05, 0) is 42.0 Å². The van der Waals surface area contributed by atoms with Crippen LogP contribution >= 0.6 is 0 Å². The number of hydrogen-bond donors (Lipinski definition) is 2. The molecule has 1 aliphatic heterocycles. The lowest BCUT2D eigenvalue weighted by molar-refractivity contribution is -0.137. The van der Waals surface area contributed by atoms with Crippen molar-refractivity contribution in [3.8, 4) is 5.75 Å². The van der Waals surface area contributed by atoms with Gasteiger partial charge in [-0.25, -0.2) is 4.79 Å². The molecule has 0 unspecified atom stereocenters. The van der Waals surface area contributed by atoms with E-state index in [1.165, 1.54) is 12.1 Å². The Bertz CT molecular complexity index is 925. The van der Waals surface area contributed by atoms with E-state index in [2.05, 4.69) is 15.5 Å². The van der Waals surface area contributed by atoms with E-state index in [9.17, 15) is 22.8 Å². The first-order valence-electron chi connectivity index (χ1n) is 10.6. The van der Waals surface area contributed by atoms with Crippen LogP contribution in [0.5, 0.6) is 5.75 Å². The quantitative estimate of drug-likeness (QED) is 0.657. The van der Waals surface area contributed by atoms with Gasteiger partial charge in [0, 0.05) is 51.4 Å². The zero-order valence-electron chi connectivity index (χ0n) is 18.3. The Balaban J connectivity index is 1.34. The molecule has 0 radical (unpaired) electrons. The number of carbonyl (C=O) groups is 2. The number of ether oxygens (including phenoxy) is 1. The molecule has 1 saturated heterocycles. The highest BCUT2D eigenvalue weighted by atomic mass is 19.4. The molecule has 7 nitrogen and oxygen atoms in total. The van der Waals surface area contributed by atoms with E-state index in [0.717, 1.165) is 17.7 Å². The molecule has 0 aliphatic carbocycles. The predicted octanol–water partition coefficient (Wildman–Crippen LogP) is 3.57. The Morgan fingerprint density at radius 2 is 1.61 bits per heavy atom. The molecule has 0 bridgehead atoms. The molecular weight excluding hydrogens is 437 g/mol. The lowest BCUT2D eigenvalue weighted by Gasteiger charge is -2.34. The topological polar surface area (TPSA) is 73.9 Å². The number of nitrogens with one attached hydrogen (secondary N) is 2. The van der Waals surface area contributed by atoms with Gasteiger partial charge in [0.25, 0.3) is 0 Å². The van der Waals surface area contributed by atoms with Crippen LogP contribution in [0.3, 0.4) is 0 Å². The summed E-state index contributed by atoms with van der Waals surface area (Å²) in [6.07, 6.45) is -4.15. The van der Waals surface area contributed by atoms with Gasteiger partial charge in [-0.15, -0.1) is 0 Å². The van der Waals surface area contributed by atoms with Gasteiger partial charge < -0.3 is 20.3 Å². The fraction of sp³-hybridized carbons (Fsp3) is 0.391. The highest BCUT2D eigenvalue weighted by molar-refractivity contribution is 5.89. The number of amides is 3. The van der Waals surface area contributed by atoms with Crippen molar-refractivity contribution in [2.24, 2.45) is 0 Å². The zero-order valence-corrected chi connectivity index (χ0v) is 18.3. The fourth-order valence-electron chi connectivity index (χ4n) is 3.50. The van der Waals surface area contributed by atoms with Crippen LogP contribution in [0, 0.1) is 0 Å². The predicted molar refractivity (Wildman–Crippen MR) is 118 cm³/mol. The van der Waals surface area contributed by atoms with Crippen LogP contribution in [0.1, 0.15) is 17.5 Å². The summed E-state index contributed by atoms with van der Waals surface area (Å²) in [5.74, 6) is 0.639. The van der Waals surface area contributed by atoms with Crippen molar-refractivity contribution in [1.82, 2.24) is 15.1 Å². The van der Waals surface area contributed by atoms with Crippen molar-refractivity contribution in [2.45, 2.75) is 19.1 Å². The van der Waals surface area contributed by atoms with Crippen molar-refractivity contribution >= 4 is 17.6 Å². The monoisotopic (exact) mass is 464 g/mol. The number of piperazine rings is 1. The minimum atomic E-state index is -4.34. The highest BCUT2D eigenvalue weighted by Crippen LogP contribution is 2.29. The molecule has 1 aliphatic rings. The summed E-state index contributed by atoms with van der Waals surface area (Å²) in [5.41, 5.74) is 0.756. The maximum Gasteiger partial charge on any atom is 0.416 e. The first-order chi connectivity index (χ1) is 15.7. The van der Waals surface area contributed by atoms with Gasteiger partial charge in [0.2, 0.25) is 5.91 Å². The molecule has 0 saturated carbocycles. The van der Waals surface area contributed by atoms with E-state index < -0.39 is 17.8 Å². The molecule has 3 rings (SSSR count). The number of urea groups is 1. The summed E-state index contributed by atoms with van der Waals surface area (Å²) < 4.78 is 43.1. The molecule has 0 atom stereocenters. The number of alkyl halides is 3. The number of rotatable bonds is 7. The fourth-order valence-corrected chi connectivity index (χ4v) is 3.50.